The fourth-order valence-electron chi connectivity index (χ4n) is 2.09. The van der Waals surface area contributed by atoms with Crippen LogP contribution in [0.2, 0.25) is 0 Å². The largest absolute Gasteiger partial charge is 0.484 e. The number of rotatable bonds is 6. The fourth-order valence-corrected chi connectivity index (χ4v) is 2.09. The van der Waals surface area contributed by atoms with Gasteiger partial charge in [0.1, 0.15) is 17.9 Å². The summed E-state index contributed by atoms with van der Waals surface area (Å²) in [5.41, 5.74) is 5.98. The predicted octanol–water partition coefficient (Wildman–Crippen LogP) is 1.38. The lowest BCUT2D eigenvalue weighted by atomic mass is 10.2. The van der Waals surface area contributed by atoms with Gasteiger partial charge >= 0.3 is 0 Å². The zero-order chi connectivity index (χ0) is 17.6. The van der Waals surface area contributed by atoms with Gasteiger partial charge in [-0.3, -0.25) is 14.2 Å². The minimum Gasteiger partial charge on any atom is -0.484 e. The number of hydrogen-bond donors (Lipinski definition) is 2. The molecule has 8 heteroatoms. The number of pyridine rings is 1. The standard InChI is InChI=1S/C17H15N5O3/c18-15(23)10-25-14-3-1-2-13(8-14)21-17(24)12-4-5-16(20-9-12)22-7-6-19-11-22/h1-9,11H,10H2,(H2,18,23)(H,21,24). The molecule has 0 atom stereocenters. The van der Waals surface area contributed by atoms with Gasteiger partial charge in [0.15, 0.2) is 6.61 Å². The Labute approximate surface area is 143 Å². The molecule has 126 valence electrons. The van der Waals surface area contributed by atoms with Crippen molar-refractivity contribution >= 4 is 17.5 Å². The Morgan fingerprint density at radius 1 is 1.24 bits per heavy atom. The fraction of sp³-hybridized carbons (Fsp3) is 0.0588. The molecule has 0 fully saturated rings. The monoisotopic (exact) mass is 337 g/mol. The number of aromatic nitrogens is 3. The molecule has 0 unspecified atom stereocenters. The van der Waals surface area contributed by atoms with Gasteiger partial charge in [0.05, 0.1) is 5.56 Å². The highest BCUT2D eigenvalue weighted by Crippen LogP contribution is 2.18. The van der Waals surface area contributed by atoms with Crippen LogP contribution < -0.4 is 15.8 Å². The number of amides is 2. The molecule has 0 bridgehead atoms. The third-order valence-corrected chi connectivity index (χ3v) is 3.25. The van der Waals surface area contributed by atoms with Crippen LogP contribution in [-0.4, -0.2) is 33.0 Å². The molecule has 0 aliphatic rings. The number of hydrogen-bond acceptors (Lipinski definition) is 5. The van der Waals surface area contributed by atoms with Crippen molar-refractivity contribution in [3.8, 4) is 11.6 Å². The normalized spacial score (nSPS) is 10.2. The molecule has 0 saturated carbocycles. The quantitative estimate of drug-likeness (QED) is 0.706. The van der Waals surface area contributed by atoms with Gasteiger partial charge in [-0.1, -0.05) is 6.07 Å². The van der Waals surface area contributed by atoms with Crippen LogP contribution in [0.5, 0.6) is 5.75 Å². The maximum Gasteiger partial charge on any atom is 0.257 e. The first-order valence-corrected chi connectivity index (χ1v) is 7.39. The molecular formula is C17H15N5O3. The number of carbonyl (C=O) groups is 2. The predicted molar refractivity (Wildman–Crippen MR) is 90.4 cm³/mol. The van der Waals surface area contributed by atoms with Crippen LogP contribution in [0.4, 0.5) is 5.69 Å². The Hall–Kier alpha value is -3.68. The molecule has 0 saturated heterocycles. The van der Waals surface area contributed by atoms with E-state index in [0.717, 1.165) is 0 Å². The van der Waals surface area contributed by atoms with Gasteiger partial charge in [-0.15, -0.1) is 0 Å². The van der Waals surface area contributed by atoms with Crippen molar-refractivity contribution in [3.63, 3.8) is 0 Å². The number of ether oxygens (including phenoxy) is 1. The minimum atomic E-state index is -0.571. The van der Waals surface area contributed by atoms with E-state index in [0.29, 0.717) is 22.8 Å². The number of imidazole rings is 1. The maximum atomic E-state index is 12.3. The number of primary amides is 1. The number of anilines is 1. The van der Waals surface area contributed by atoms with E-state index in [9.17, 15) is 9.59 Å². The SMILES string of the molecule is NC(=O)COc1cccc(NC(=O)c2ccc(-n3ccnc3)nc2)c1. The van der Waals surface area contributed by atoms with E-state index in [-0.39, 0.29) is 12.5 Å². The summed E-state index contributed by atoms with van der Waals surface area (Å²) in [6.07, 6.45) is 6.52. The smallest absolute Gasteiger partial charge is 0.257 e. The maximum absolute atomic E-state index is 12.3. The van der Waals surface area contributed by atoms with Gasteiger partial charge in [-0.2, -0.15) is 0 Å². The molecule has 25 heavy (non-hydrogen) atoms. The van der Waals surface area contributed by atoms with Gasteiger partial charge in [0.2, 0.25) is 0 Å². The van der Waals surface area contributed by atoms with E-state index in [1.165, 1.54) is 6.20 Å². The van der Waals surface area contributed by atoms with Crippen molar-refractivity contribution in [2.24, 2.45) is 5.73 Å². The lowest BCUT2D eigenvalue weighted by Gasteiger charge is -2.08. The first-order valence-electron chi connectivity index (χ1n) is 7.39. The van der Waals surface area contributed by atoms with E-state index < -0.39 is 5.91 Å². The molecule has 0 aliphatic carbocycles. The minimum absolute atomic E-state index is 0.225. The molecule has 2 aromatic heterocycles. The van der Waals surface area contributed by atoms with Crippen LogP contribution in [0.1, 0.15) is 10.4 Å². The molecule has 2 amide bonds. The number of nitrogens with two attached hydrogens (primary N) is 1. The highest BCUT2D eigenvalue weighted by atomic mass is 16.5. The summed E-state index contributed by atoms with van der Waals surface area (Å²) in [5, 5.41) is 2.75. The topological polar surface area (TPSA) is 112 Å². The summed E-state index contributed by atoms with van der Waals surface area (Å²) in [6, 6.07) is 10.1. The molecular weight excluding hydrogens is 322 g/mol. The van der Waals surface area contributed by atoms with Gasteiger partial charge in [-0.25, -0.2) is 9.97 Å². The molecule has 3 aromatic rings. The molecule has 0 radical (unpaired) electrons. The molecule has 8 nitrogen and oxygen atoms in total. The molecule has 0 spiro atoms. The Balaban J connectivity index is 1.67. The van der Waals surface area contributed by atoms with Crippen LogP contribution in [0.25, 0.3) is 5.82 Å². The van der Waals surface area contributed by atoms with Crippen LogP contribution in [0.3, 0.4) is 0 Å². The van der Waals surface area contributed by atoms with Crippen molar-refractivity contribution in [3.05, 3.63) is 66.9 Å². The Bertz CT molecular complexity index is 876. The summed E-state index contributed by atoms with van der Waals surface area (Å²) in [6.45, 7) is -0.225. The second-order valence-corrected chi connectivity index (χ2v) is 5.11. The van der Waals surface area contributed by atoms with E-state index >= 15 is 0 Å². The molecule has 0 aliphatic heterocycles. The Morgan fingerprint density at radius 3 is 2.80 bits per heavy atom. The summed E-state index contributed by atoms with van der Waals surface area (Å²) in [7, 11) is 0. The summed E-state index contributed by atoms with van der Waals surface area (Å²) in [4.78, 5) is 31.2. The molecule has 3 N–H and O–H groups in total. The Morgan fingerprint density at radius 2 is 2.12 bits per heavy atom. The van der Waals surface area contributed by atoms with Crippen LogP contribution >= 0.6 is 0 Å². The number of nitrogens with zero attached hydrogens (tertiary/aromatic N) is 3. The summed E-state index contributed by atoms with van der Waals surface area (Å²) >= 11 is 0. The molecule has 2 heterocycles. The summed E-state index contributed by atoms with van der Waals surface area (Å²) in [5.74, 6) is 0.219. The van der Waals surface area contributed by atoms with E-state index in [1.54, 1.807) is 59.7 Å². The zero-order valence-electron chi connectivity index (χ0n) is 13.1. The zero-order valence-corrected chi connectivity index (χ0v) is 13.1. The lowest BCUT2D eigenvalue weighted by Crippen LogP contribution is -2.20. The van der Waals surface area contributed by atoms with Gasteiger partial charge in [-0.05, 0) is 24.3 Å². The second kappa shape index (κ2) is 7.26. The highest BCUT2D eigenvalue weighted by Gasteiger charge is 2.08. The van der Waals surface area contributed by atoms with Gasteiger partial charge in [0, 0.05) is 30.3 Å². The first-order chi connectivity index (χ1) is 12.1. The number of benzene rings is 1. The average Bonchev–Trinajstić information content (AvgIpc) is 3.15. The van der Waals surface area contributed by atoms with E-state index in [1.807, 2.05) is 0 Å². The van der Waals surface area contributed by atoms with Crippen molar-refractivity contribution in [1.29, 1.82) is 0 Å². The van der Waals surface area contributed by atoms with Crippen LogP contribution in [0, 0.1) is 0 Å². The third-order valence-electron chi connectivity index (χ3n) is 3.25. The number of nitrogens with one attached hydrogen (secondary N) is 1. The van der Waals surface area contributed by atoms with Crippen molar-refractivity contribution in [1.82, 2.24) is 14.5 Å². The lowest BCUT2D eigenvalue weighted by molar-refractivity contribution is -0.119. The third kappa shape index (κ3) is 4.20. The van der Waals surface area contributed by atoms with E-state index in [2.05, 4.69) is 15.3 Å². The molecule has 3 rings (SSSR count). The van der Waals surface area contributed by atoms with Crippen LogP contribution in [0.15, 0.2) is 61.3 Å². The van der Waals surface area contributed by atoms with Crippen molar-refractivity contribution < 1.29 is 14.3 Å². The summed E-state index contributed by atoms with van der Waals surface area (Å²) < 4.78 is 6.94. The van der Waals surface area contributed by atoms with E-state index in [4.69, 9.17) is 10.5 Å². The number of carbonyl (C=O) groups excluding carboxylic acids is 2. The Kier molecular flexibility index (Phi) is 4.70. The van der Waals surface area contributed by atoms with Gasteiger partial charge < -0.3 is 15.8 Å². The first kappa shape index (κ1) is 16.2. The van der Waals surface area contributed by atoms with Gasteiger partial charge in [0.25, 0.3) is 11.8 Å². The average molecular weight is 337 g/mol. The molecule has 1 aromatic carbocycles. The second-order valence-electron chi connectivity index (χ2n) is 5.11. The van der Waals surface area contributed by atoms with Crippen molar-refractivity contribution in [2.75, 3.05) is 11.9 Å². The van der Waals surface area contributed by atoms with Crippen LogP contribution in [-0.2, 0) is 4.79 Å². The van der Waals surface area contributed by atoms with Crippen molar-refractivity contribution in [2.45, 2.75) is 0 Å². The highest BCUT2D eigenvalue weighted by molar-refractivity contribution is 6.04.